The van der Waals surface area contributed by atoms with Crippen LogP contribution in [0.15, 0.2) is 63.8 Å². The highest BCUT2D eigenvalue weighted by atomic mass is 16.5. The van der Waals surface area contributed by atoms with Crippen LogP contribution in [0.25, 0.3) is 11.0 Å². The summed E-state index contributed by atoms with van der Waals surface area (Å²) in [5.41, 5.74) is 1.30. The standard InChI is InChI=1S/C23H23NO4/c1-27-19-8-7-18-13-20(23(26)28-22(18)14-19)21(25)15-24-11-9-17(10-12-24)16-5-3-2-4-6-16/h2-8,13-14,17H,9-12,15H2,1H3. The van der Waals surface area contributed by atoms with Crippen LogP contribution in [0.1, 0.15) is 34.7 Å². The van der Waals surface area contributed by atoms with Crippen molar-refractivity contribution in [2.24, 2.45) is 0 Å². The fraction of sp³-hybridized carbons (Fsp3) is 0.304. The van der Waals surface area contributed by atoms with Gasteiger partial charge in [0.25, 0.3) is 0 Å². The zero-order valence-corrected chi connectivity index (χ0v) is 15.9. The largest absolute Gasteiger partial charge is 0.497 e. The van der Waals surface area contributed by atoms with Gasteiger partial charge in [0.2, 0.25) is 0 Å². The second kappa shape index (κ2) is 7.98. The summed E-state index contributed by atoms with van der Waals surface area (Å²) in [6.07, 6.45) is 2.03. The maximum atomic E-state index is 12.7. The number of carbonyl (C=O) groups is 1. The Morgan fingerprint density at radius 3 is 2.57 bits per heavy atom. The number of piperidine rings is 1. The van der Waals surface area contributed by atoms with Crippen molar-refractivity contribution in [3.05, 3.63) is 76.1 Å². The summed E-state index contributed by atoms with van der Waals surface area (Å²) < 4.78 is 10.5. The van der Waals surface area contributed by atoms with Crippen LogP contribution in [-0.2, 0) is 0 Å². The summed E-state index contributed by atoms with van der Waals surface area (Å²) in [6, 6.07) is 17.4. The van der Waals surface area contributed by atoms with Crippen molar-refractivity contribution in [3.8, 4) is 5.75 Å². The molecule has 0 N–H and O–H groups in total. The number of rotatable bonds is 5. The first-order chi connectivity index (χ1) is 13.6. The van der Waals surface area contributed by atoms with Crippen molar-refractivity contribution in [2.45, 2.75) is 18.8 Å². The predicted octanol–water partition coefficient (Wildman–Crippen LogP) is 3.86. The van der Waals surface area contributed by atoms with E-state index in [1.54, 1.807) is 31.4 Å². The molecule has 1 aromatic heterocycles. The van der Waals surface area contributed by atoms with Gasteiger partial charge in [-0.1, -0.05) is 30.3 Å². The van der Waals surface area contributed by atoms with E-state index in [0.29, 0.717) is 22.6 Å². The third-order valence-electron chi connectivity index (χ3n) is 5.47. The smallest absolute Gasteiger partial charge is 0.347 e. The molecular weight excluding hydrogens is 354 g/mol. The van der Waals surface area contributed by atoms with E-state index >= 15 is 0 Å². The van der Waals surface area contributed by atoms with Crippen LogP contribution in [0.5, 0.6) is 5.75 Å². The van der Waals surface area contributed by atoms with Crippen molar-refractivity contribution in [1.82, 2.24) is 4.90 Å². The average Bonchev–Trinajstić information content (AvgIpc) is 2.74. The molecule has 0 amide bonds. The monoisotopic (exact) mass is 377 g/mol. The quantitative estimate of drug-likeness (QED) is 0.499. The van der Waals surface area contributed by atoms with E-state index in [1.807, 2.05) is 6.07 Å². The lowest BCUT2D eigenvalue weighted by molar-refractivity contribution is 0.0906. The van der Waals surface area contributed by atoms with Crippen LogP contribution in [0.3, 0.4) is 0 Å². The maximum absolute atomic E-state index is 12.7. The molecule has 0 radical (unpaired) electrons. The molecule has 28 heavy (non-hydrogen) atoms. The van der Waals surface area contributed by atoms with E-state index in [4.69, 9.17) is 9.15 Å². The molecule has 0 bridgehead atoms. The van der Waals surface area contributed by atoms with Crippen molar-refractivity contribution < 1.29 is 13.9 Å². The summed E-state index contributed by atoms with van der Waals surface area (Å²) in [7, 11) is 1.55. The van der Waals surface area contributed by atoms with Crippen molar-refractivity contribution >= 4 is 16.8 Å². The summed E-state index contributed by atoms with van der Waals surface area (Å²) in [4.78, 5) is 27.2. The van der Waals surface area contributed by atoms with Gasteiger partial charge in [-0.25, -0.2) is 4.79 Å². The lowest BCUT2D eigenvalue weighted by Gasteiger charge is -2.31. The molecule has 2 aromatic carbocycles. The average molecular weight is 377 g/mol. The Morgan fingerprint density at radius 1 is 1.11 bits per heavy atom. The molecule has 0 saturated carbocycles. The number of methoxy groups -OCH3 is 1. The highest BCUT2D eigenvalue weighted by molar-refractivity contribution is 5.99. The number of carbonyl (C=O) groups excluding carboxylic acids is 1. The van der Waals surface area contributed by atoms with Crippen LogP contribution in [-0.4, -0.2) is 37.4 Å². The Bertz CT molecular complexity index is 1030. The fourth-order valence-electron chi connectivity index (χ4n) is 3.85. The molecule has 5 heteroatoms. The number of fused-ring (bicyclic) bond motifs is 1. The number of ether oxygens (including phenoxy) is 1. The third-order valence-corrected chi connectivity index (χ3v) is 5.47. The minimum absolute atomic E-state index is 0.114. The lowest BCUT2D eigenvalue weighted by Crippen LogP contribution is -2.37. The van der Waals surface area contributed by atoms with Gasteiger partial charge in [0.15, 0.2) is 5.78 Å². The molecule has 0 atom stereocenters. The van der Waals surface area contributed by atoms with Crippen LogP contribution < -0.4 is 10.4 Å². The first-order valence-corrected chi connectivity index (χ1v) is 9.56. The van der Waals surface area contributed by atoms with E-state index < -0.39 is 5.63 Å². The molecular formula is C23H23NO4. The Kier molecular flexibility index (Phi) is 5.26. The Balaban J connectivity index is 1.44. The van der Waals surface area contributed by atoms with Crippen LogP contribution in [0, 0.1) is 0 Å². The van der Waals surface area contributed by atoms with Crippen molar-refractivity contribution in [1.29, 1.82) is 0 Å². The van der Waals surface area contributed by atoms with E-state index in [1.165, 1.54) is 5.56 Å². The molecule has 1 fully saturated rings. The van der Waals surface area contributed by atoms with E-state index in [-0.39, 0.29) is 17.9 Å². The van der Waals surface area contributed by atoms with Gasteiger partial charge < -0.3 is 9.15 Å². The summed E-state index contributed by atoms with van der Waals surface area (Å²) >= 11 is 0. The SMILES string of the molecule is COc1ccc2cc(C(=O)CN3CCC(c4ccccc4)CC3)c(=O)oc2c1. The molecule has 5 nitrogen and oxygen atoms in total. The number of benzene rings is 2. The topological polar surface area (TPSA) is 59.8 Å². The van der Waals surface area contributed by atoms with Crippen LogP contribution in [0.4, 0.5) is 0 Å². The van der Waals surface area contributed by atoms with E-state index in [0.717, 1.165) is 25.9 Å². The minimum Gasteiger partial charge on any atom is -0.497 e. The zero-order valence-electron chi connectivity index (χ0n) is 15.9. The van der Waals surface area contributed by atoms with Crippen LogP contribution >= 0.6 is 0 Å². The third kappa shape index (κ3) is 3.85. The molecule has 1 aliphatic rings. The number of likely N-dealkylation sites (tertiary alicyclic amines) is 1. The number of hydrogen-bond donors (Lipinski definition) is 0. The summed E-state index contributed by atoms with van der Waals surface area (Å²) in [5, 5.41) is 0.714. The van der Waals surface area contributed by atoms with Crippen molar-refractivity contribution in [3.63, 3.8) is 0 Å². The normalized spacial score (nSPS) is 15.6. The van der Waals surface area contributed by atoms with Gasteiger partial charge in [-0.2, -0.15) is 0 Å². The zero-order chi connectivity index (χ0) is 19.5. The highest BCUT2D eigenvalue weighted by Crippen LogP contribution is 2.28. The van der Waals surface area contributed by atoms with Gasteiger partial charge in [0, 0.05) is 11.5 Å². The molecule has 1 saturated heterocycles. The highest BCUT2D eigenvalue weighted by Gasteiger charge is 2.23. The molecule has 0 unspecified atom stereocenters. The number of Topliss-reactive ketones (excluding diaryl/α,β-unsaturated/α-hetero) is 1. The number of ketones is 1. The number of nitrogens with zero attached hydrogens (tertiary/aromatic N) is 1. The van der Waals surface area contributed by atoms with Crippen molar-refractivity contribution in [2.75, 3.05) is 26.7 Å². The molecule has 0 spiro atoms. The second-order valence-electron chi connectivity index (χ2n) is 7.24. The first-order valence-electron chi connectivity index (χ1n) is 9.56. The second-order valence-corrected chi connectivity index (χ2v) is 7.24. The molecule has 0 aliphatic carbocycles. The fourth-order valence-corrected chi connectivity index (χ4v) is 3.85. The number of hydrogen-bond acceptors (Lipinski definition) is 5. The molecule has 1 aliphatic heterocycles. The van der Waals surface area contributed by atoms with Gasteiger partial charge in [0.1, 0.15) is 16.9 Å². The van der Waals surface area contributed by atoms with Gasteiger partial charge in [-0.3, -0.25) is 9.69 Å². The van der Waals surface area contributed by atoms with E-state index in [9.17, 15) is 9.59 Å². The first kappa shape index (κ1) is 18.4. The lowest BCUT2D eigenvalue weighted by atomic mass is 9.89. The summed E-state index contributed by atoms with van der Waals surface area (Å²) in [6.45, 7) is 1.94. The van der Waals surface area contributed by atoms with Crippen LogP contribution in [0.2, 0.25) is 0 Å². The van der Waals surface area contributed by atoms with Gasteiger partial charge in [0.05, 0.1) is 13.7 Å². The molecule has 2 heterocycles. The van der Waals surface area contributed by atoms with Gasteiger partial charge in [-0.15, -0.1) is 0 Å². The molecule has 144 valence electrons. The minimum atomic E-state index is -0.593. The Morgan fingerprint density at radius 2 is 1.86 bits per heavy atom. The van der Waals surface area contributed by atoms with Gasteiger partial charge >= 0.3 is 5.63 Å². The van der Waals surface area contributed by atoms with Gasteiger partial charge in [-0.05, 0) is 55.6 Å². The molecule has 4 rings (SSSR count). The maximum Gasteiger partial charge on any atom is 0.347 e. The Hall–Kier alpha value is -2.92. The Labute approximate surface area is 163 Å². The summed E-state index contributed by atoms with van der Waals surface area (Å²) in [5.74, 6) is 0.953. The molecule has 3 aromatic rings. The van der Waals surface area contributed by atoms with E-state index in [2.05, 4.69) is 29.2 Å². The predicted molar refractivity (Wildman–Crippen MR) is 108 cm³/mol.